The van der Waals surface area contributed by atoms with Crippen LogP contribution in [0.15, 0.2) is 5.16 Å². The molecule has 7 nitrogen and oxygen atoms in total. The first kappa shape index (κ1) is 17.7. The van der Waals surface area contributed by atoms with Crippen molar-refractivity contribution < 1.29 is 19.5 Å². The van der Waals surface area contributed by atoms with Gasteiger partial charge in [0.05, 0.1) is 13.2 Å². The zero-order chi connectivity index (χ0) is 15.6. The SMILES string of the molecule is COCCOCCCCNC(=O)C1(C(N)=NO)CCCC1. The summed E-state index contributed by atoms with van der Waals surface area (Å²) in [5.41, 5.74) is 4.90. The van der Waals surface area contributed by atoms with Crippen LogP contribution in [0.5, 0.6) is 0 Å². The van der Waals surface area contributed by atoms with Gasteiger partial charge < -0.3 is 25.7 Å². The summed E-state index contributed by atoms with van der Waals surface area (Å²) in [7, 11) is 1.64. The van der Waals surface area contributed by atoms with E-state index in [0.29, 0.717) is 39.2 Å². The maximum absolute atomic E-state index is 12.3. The molecule has 1 rings (SSSR count). The smallest absolute Gasteiger partial charge is 0.233 e. The van der Waals surface area contributed by atoms with Crippen molar-refractivity contribution in [2.75, 3.05) is 33.5 Å². The molecule has 0 bridgehead atoms. The molecule has 0 atom stereocenters. The van der Waals surface area contributed by atoms with Gasteiger partial charge in [-0.15, -0.1) is 0 Å². The number of carbonyl (C=O) groups is 1. The number of amides is 1. The van der Waals surface area contributed by atoms with Crippen LogP contribution in [0.2, 0.25) is 0 Å². The number of methoxy groups -OCH3 is 1. The molecule has 0 heterocycles. The number of amidine groups is 1. The maximum Gasteiger partial charge on any atom is 0.233 e. The topological polar surface area (TPSA) is 106 Å². The lowest BCUT2D eigenvalue weighted by Crippen LogP contribution is -2.48. The first-order valence-corrected chi connectivity index (χ1v) is 7.50. The molecule has 1 saturated carbocycles. The monoisotopic (exact) mass is 301 g/mol. The minimum atomic E-state index is -0.816. The van der Waals surface area contributed by atoms with E-state index in [2.05, 4.69) is 10.5 Å². The molecule has 0 aromatic heterocycles. The Bertz CT molecular complexity index is 341. The van der Waals surface area contributed by atoms with E-state index in [1.54, 1.807) is 7.11 Å². The largest absolute Gasteiger partial charge is 0.409 e. The Morgan fingerprint density at radius 1 is 1.29 bits per heavy atom. The molecule has 0 aliphatic heterocycles. The number of carbonyl (C=O) groups excluding carboxylic acids is 1. The number of nitrogens with two attached hydrogens (primary N) is 1. The molecule has 7 heteroatoms. The summed E-state index contributed by atoms with van der Waals surface area (Å²) >= 11 is 0. The van der Waals surface area contributed by atoms with Gasteiger partial charge in [0.2, 0.25) is 5.91 Å². The first-order valence-electron chi connectivity index (χ1n) is 7.50. The van der Waals surface area contributed by atoms with Crippen LogP contribution in [0.3, 0.4) is 0 Å². The van der Waals surface area contributed by atoms with Crippen LogP contribution in [-0.2, 0) is 14.3 Å². The molecule has 1 amide bonds. The molecule has 122 valence electrons. The van der Waals surface area contributed by atoms with Crippen molar-refractivity contribution in [3.8, 4) is 0 Å². The molecule has 0 radical (unpaired) electrons. The average Bonchev–Trinajstić information content (AvgIpc) is 2.99. The third-order valence-electron chi connectivity index (χ3n) is 3.92. The van der Waals surface area contributed by atoms with Gasteiger partial charge in [0.1, 0.15) is 5.41 Å². The Kier molecular flexibility index (Phi) is 8.07. The molecule has 0 saturated heterocycles. The van der Waals surface area contributed by atoms with Gasteiger partial charge in [0, 0.05) is 20.3 Å². The second-order valence-corrected chi connectivity index (χ2v) is 5.34. The molecule has 4 N–H and O–H groups in total. The molecule has 1 aliphatic rings. The summed E-state index contributed by atoms with van der Waals surface area (Å²) in [4.78, 5) is 12.3. The van der Waals surface area contributed by atoms with Crippen LogP contribution in [-0.4, -0.2) is 50.4 Å². The van der Waals surface area contributed by atoms with Crippen LogP contribution in [0.4, 0.5) is 0 Å². The predicted octanol–water partition coefficient (Wildman–Crippen LogP) is 0.853. The maximum atomic E-state index is 12.3. The standard InChI is InChI=1S/C14H27N3O4/c1-20-10-11-21-9-5-4-8-16-13(18)14(12(15)17-19)6-2-3-7-14/h19H,2-11H2,1H3,(H2,15,17)(H,16,18). The second-order valence-electron chi connectivity index (χ2n) is 5.34. The number of oxime groups is 1. The molecule has 1 aliphatic carbocycles. The number of hydrogen-bond acceptors (Lipinski definition) is 5. The Balaban J connectivity index is 2.23. The van der Waals surface area contributed by atoms with Crippen molar-refractivity contribution >= 4 is 11.7 Å². The second kappa shape index (κ2) is 9.57. The van der Waals surface area contributed by atoms with E-state index in [1.807, 2.05) is 0 Å². The number of hydrogen-bond donors (Lipinski definition) is 3. The van der Waals surface area contributed by atoms with Crippen molar-refractivity contribution in [3.05, 3.63) is 0 Å². The zero-order valence-electron chi connectivity index (χ0n) is 12.8. The van der Waals surface area contributed by atoms with E-state index in [1.165, 1.54) is 0 Å². The van der Waals surface area contributed by atoms with Gasteiger partial charge >= 0.3 is 0 Å². The van der Waals surface area contributed by atoms with E-state index >= 15 is 0 Å². The van der Waals surface area contributed by atoms with E-state index in [9.17, 15) is 4.79 Å². The molecular formula is C14H27N3O4. The quantitative estimate of drug-likeness (QED) is 0.182. The van der Waals surface area contributed by atoms with Gasteiger partial charge in [0.25, 0.3) is 0 Å². The summed E-state index contributed by atoms with van der Waals surface area (Å²) in [5, 5.41) is 14.8. The lowest BCUT2D eigenvalue weighted by Gasteiger charge is -2.25. The lowest BCUT2D eigenvalue weighted by atomic mass is 9.84. The molecule has 0 spiro atoms. The van der Waals surface area contributed by atoms with E-state index < -0.39 is 5.41 Å². The Labute approximate surface area is 125 Å². The van der Waals surface area contributed by atoms with Crippen LogP contribution >= 0.6 is 0 Å². The van der Waals surface area contributed by atoms with E-state index in [0.717, 1.165) is 25.7 Å². The van der Waals surface area contributed by atoms with Gasteiger partial charge in [0.15, 0.2) is 5.84 Å². The van der Waals surface area contributed by atoms with Crippen LogP contribution in [0.1, 0.15) is 38.5 Å². The zero-order valence-corrected chi connectivity index (χ0v) is 12.8. The van der Waals surface area contributed by atoms with Crippen molar-refractivity contribution in [3.63, 3.8) is 0 Å². The van der Waals surface area contributed by atoms with Gasteiger partial charge in [-0.05, 0) is 25.7 Å². The van der Waals surface area contributed by atoms with Gasteiger partial charge in [-0.3, -0.25) is 4.79 Å². The van der Waals surface area contributed by atoms with Crippen LogP contribution in [0, 0.1) is 5.41 Å². The normalized spacial score (nSPS) is 17.9. The highest BCUT2D eigenvalue weighted by molar-refractivity contribution is 6.07. The molecule has 1 fully saturated rings. The summed E-state index contributed by atoms with van der Waals surface area (Å²) in [5.74, 6) is -0.101. The highest BCUT2D eigenvalue weighted by Crippen LogP contribution is 2.38. The Morgan fingerprint density at radius 2 is 2.00 bits per heavy atom. The number of rotatable bonds is 10. The number of unbranched alkanes of at least 4 members (excludes halogenated alkanes) is 1. The highest BCUT2D eigenvalue weighted by atomic mass is 16.5. The third kappa shape index (κ3) is 5.17. The fourth-order valence-corrected chi connectivity index (χ4v) is 2.62. The number of nitrogens with zero attached hydrogens (tertiary/aromatic N) is 1. The summed E-state index contributed by atoms with van der Waals surface area (Å²) in [6.45, 7) is 2.42. The fourth-order valence-electron chi connectivity index (χ4n) is 2.62. The fraction of sp³-hybridized carbons (Fsp3) is 0.857. The molecule has 0 aromatic carbocycles. The van der Waals surface area contributed by atoms with Crippen molar-refractivity contribution in [1.82, 2.24) is 5.32 Å². The number of ether oxygens (including phenoxy) is 2. The molecule has 0 unspecified atom stereocenters. The minimum absolute atomic E-state index is 0.0281. The predicted molar refractivity (Wildman–Crippen MR) is 79.2 cm³/mol. The first-order chi connectivity index (χ1) is 10.2. The van der Waals surface area contributed by atoms with Gasteiger partial charge in [-0.1, -0.05) is 18.0 Å². The van der Waals surface area contributed by atoms with E-state index in [4.69, 9.17) is 20.4 Å². The third-order valence-corrected chi connectivity index (χ3v) is 3.92. The van der Waals surface area contributed by atoms with Crippen LogP contribution < -0.4 is 11.1 Å². The highest BCUT2D eigenvalue weighted by Gasteiger charge is 2.45. The summed E-state index contributed by atoms with van der Waals surface area (Å²) in [6.07, 6.45) is 4.86. The molecular weight excluding hydrogens is 274 g/mol. The van der Waals surface area contributed by atoms with E-state index in [-0.39, 0.29) is 11.7 Å². The Morgan fingerprint density at radius 3 is 2.62 bits per heavy atom. The van der Waals surface area contributed by atoms with Crippen molar-refractivity contribution in [2.45, 2.75) is 38.5 Å². The van der Waals surface area contributed by atoms with Crippen LogP contribution in [0.25, 0.3) is 0 Å². The average molecular weight is 301 g/mol. The molecule has 0 aromatic rings. The number of nitrogens with one attached hydrogen (secondary N) is 1. The lowest BCUT2D eigenvalue weighted by molar-refractivity contribution is -0.127. The minimum Gasteiger partial charge on any atom is -0.409 e. The van der Waals surface area contributed by atoms with Gasteiger partial charge in [-0.25, -0.2) is 0 Å². The van der Waals surface area contributed by atoms with Crippen molar-refractivity contribution in [1.29, 1.82) is 0 Å². The molecule has 21 heavy (non-hydrogen) atoms. The summed E-state index contributed by atoms with van der Waals surface area (Å²) in [6, 6.07) is 0. The van der Waals surface area contributed by atoms with Gasteiger partial charge in [-0.2, -0.15) is 0 Å². The van der Waals surface area contributed by atoms with Crippen molar-refractivity contribution in [2.24, 2.45) is 16.3 Å². The Hall–Kier alpha value is -1.34. The summed E-state index contributed by atoms with van der Waals surface area (Å²) < 4.78 is 10.2.